The maximum atomic E-state index is 13.4. The highest BCUT2D eigenvalue weighted by Crippen LogP contribution is 2.32. The normalized spacial score (nSPS) is 11.2. The van der Waals surface area contributed by atoms with Crippen molar-refractivity contribution < 1.29 is 22.7 Å². The molecule has 0 atom stereocenters. The lowest BCUT2D eigenvalue weighted by Gasteiger charge is -2.25. The summed E-state index contributed by atoms with van der Waals surface area (Å²) in [6.45, 7) is 4.26. The van der Waals surface area contributed by atoms with E-state index in [0.29, 0.717) is 11.7 Å². The molecule has 7 nitrogen and oxygen atoms in total. The summed E-state index contributed by atoms with van der Waals surface area (Å²) in [6, 6.07) is 22.5. The second-order valence-electron chi connectivity index (χ2n) is 7.89. The van der Waals surface area contributed by atoms with E-state index >= 15 is 0 Å². The number of ether oxygens (including phenoxy) is 2. The quantitative estimate of drug-likeness (QED) is 0.414. The lowest BCUT2D eigenvalue weighted by Crippen LogP contribution is -2.42. The van der Waals surface area contributed by atoms with Gasteiger partial charge in [0.25, 0.3) is 10.0 Å². The summed E-state index contributed by atoms with van der Waals surface area (Å²) >= 11 is 0. The number of sulfonamides is 1. The molecule has 180 valence electrons. The molecule has 0 spiro atoms. The zero-order valence-corrected chi connectivity index (χ0v) is 20.4. The average molecular weight is 483 g/mol. The van der Waals surface area contributed by atoms with Crippen molar-refractivity contribution in [2.45, 2.75) is 24.7 Å². The van der Waals surface area contributed by atoms with E-state index < -0.39 is 22.5 Å². The second kappa shape index (κ2) is 11.6. The van der Waals surface area contributed by atoms with Crippen molar-refractivity contribution >= 4 is 21.6 Å². The first kappa shape index (κ1) is 25.1. The first-order valence-corrected chi connectivity index (χ1v) is 12.5. The maximum absolute atomic E-state index is 13.4. The topological polar surface area (TPSA) is 84.9 Å². The molecule has 1 N–H and O–H groups in total. The summed E-state index contributed by atoms with van der Waals surface area (Å²) in [7, 11) is -2.55. The predicted molar refractivity (Wildman–Crippen MR) is 133 cm³/mol. The van der Waals surface area contributed by atoms with Gasteiger partial charge in [0, 0.05) is 0 Å². The van der Waals surface area contributed by atoms with Crippen molar-refractivity contribution in [3.8, 4) is 11.5 Å². The van der Waals surface area contributed by atoms with Crippen molar-refractivity contribution in [2.24, 2.45) is 0 Å². The molecule has 0 fully saturated rings. The minimum atomic E-state index is -4.01. The van der Waals surface area contributed by atoms with Crippen LogP contribution in [0.15, 0.2) is 83.8 Å². The third kappa shape index (κ3) is 6.08. The Morgan fingerprint density at radius 3 is 2.21 bits per heavy atom. The summed E-state index contributed by atoms with van der Waals surface area (Å²) in [6.07, 6.45) is 0. The van der Waals surface area contributed by atoms with Gasteiger partial charge in [-0.2, -0.15) is 0 Å². The largest absolute Gasteiger partial charge is 0.495 e. The standard InChI is InChI=1S/C26H30N2O5S/c1-20(2)22-13-7-9-15-24(22)33-18-17-27-26(29)19-28(23-14-8-10-16-25(23)32-3)34(30,31)21-11-5-4-6-12-21/h4-16,20H,17-19H2,1-3H3,(H,27,29). The monoisotopic (exact) mass is 482 g/mol. The van der Waals surface area contributed by atoms with Gasteiger partial charge in [-0.15, -0.1) is 0 Å². The van der Waals surface area contributed by atoms with Gasteiger partial charge in [-0.1, -0.05) is 62.4 Å². The number of anilines is 1. The molecule has 3 rings (SSSR count). The van der Waals surface area contributed by atoms with E-state index in [0.717, 1.165) is 15.6 Å². The number of amides is 1. The zero-order valence-electron chi connectivity index (χ0n) is 19.6. The van der Waals surface area contributed by atoms with E-state index in [1.807, 2.05) is 24.3 Å². The molecule has 0 aliphatic carbocycles. The Kier molecular flexibility index (Phi) is 8.54. The molecule has 0 heterocycles. The van der Waals surface area contributed by atoms with Crippen LogP contribution >= 0.6 is 0 Å². The first-order chi connectivity index (χ1) is 16.3. The van der Waals surface area contributed by atoms with Crippen LogP contribution in [0.1, 0.15) is 25.3 Å². The fraction of sp³-hybridized carbons (Fsp3) is 0.269. The zero-order chi connectivity index (χ0) is 24.6. The number of benzene rings is 3. The van der Waals surface area contributed by atoms with Crippen LogP contribution in [0.4, 0.5) is 5.69 Å². The van der Waals surface area contributed by atoms with Gasteiger partial charge in [0.05, 0.1) is 24.2 Å². The molecule has 0 saturated carbocycles. The summed E-state index contributed by atoms with van der Waals surface area (Å²) in [5.41, 5.74) is 1.37. The van der Waals surface area contributed by atoms with Crippen LogP contribution in [0.3, 0.4) is 0 Å². The van der Waals surface area contributed by atoms with Gasteiger partial charge in [-0.05, 0) is 41.8 Å². The molecule has 1 amide bonds. The van der Waals surface area contributed by atoms with Gasteiger partial charge < -0.3 is 14.8 Å². The Balaban J connectivity index is 1.72. The number of carbonyl (C=O) groups excluding carboxylic acids is 1. The number of nitrogens with zero attached hydrogens (tertiary/aromatic N) is 1. The number of hydrogen-bond donors (Lipinski definition) is 1. The van der Waals surface area contributed by atoms with Crippen LogP contribution in [0.2, 0.25) is 0 Å². The van der Waals surface area contributed by atoms with Gasteiger partial charge in [0.15, 0.2) is 0 Å². The summed E-state index contributed by atoms with van der Waals surface area (Å²) in [5, 5.41) is 2.75. The van der Waals surface area contributed by atoms with E-state index in [1.54, 1.807) is 42.5 Å². The molecule has 0 aromatic heterocycles. The third-order valence-corrected chi connectivity index (χ3v) is 6.97. The van der Waals surface area contributed by atoms with Crippen LogP contribution in [-0.4, -0.2) is 41.1 Å². The molecule has 0 aliphatic rings. The van der Waals surface area contributed by atoms with Crippen molar-refractivity contribution in [2.75, 3.05) is 31.1 Å². The van der Waals surface area contributed by atoms with E-state index in [-0.39, 0.29) is 23.7 Å². The number of rotatable bonds is 11. The minimum absolute atomic E-state index is 0.0855. The first-order valence-electron chi connectivity index (χ1n) is 11.0. The van der Waals surface area contributed by atoms with Crippen LogP contribution < -0.4 is 19.1 Å². The van der Waals surface area contributed by atoms with Gasteiger partial charge in [-0.3, -0.25) is 9.10 Å². The molecule has 3 aromatic carbocycles. The Labute approximate surface area is 201 Å². The highest BCUT2D eigenvalue weighted by atomic mass is 32.2. The molecule has 0 bridgehead atoms. The van der Waals surface area contributed by atoms with Crippen LogP contribution in [0.5, 0.6) is 11.5 Å². The van der Waals surface area contributed by atoms with Crippen LogP contribution in [-0.2, 0) is 14.8 Å². The molecule has 0 saturated heterocycles. The van der Waals surface area contributed by atoms with E-state index in [4.69, 9.17) is 9.47 Å². The number of nitrogens with one attached hydrogen (secondary N) is 1. The Bertz CT molecular complexity index is 1200. The summed E-state index contributed by atoms with van der Waals surface area (Å²) < 4.78 is 39.1. The third-order valence-electron chi connectivity index (χ3n) is 5.20. The molecular weight excluding hydrogens is 452 g/mol. The lowest BCUT2D eigenvalue weighted by atomic mass is 10.0. The van der Waals surface area contributed by atoms with Gasteiger partial charge in [-0.25, -0.2) is 8.42 Å². The van der Waals surface area contributed by atoms with Gasteiger partial charge in [0.2, 0.25) is 5.91 Å². The molecular formula is C26H30N2O5S. The highest BCUT2D eigenvalue weighted by molar-refractivity contribution is 7.92. The second-order valence-corrected chi connectivity index (χ2v) is 9.75. The van der Waals surface area contributed by atoms with Crippen molar-refractivity contribution in [3.63, 3.8) is 0 Å². The number of para-hydroxylation sites is 3. The number of methoxy groups -OCH3 is 1. The predicted octanol–water partition coefficient (Wildman–Crippen LogP) is 4.21. The van der Waals surface area contributed by atoms with E-state index in [9.17, 15) is 13.2 Å². The Morgan fingerprint density at radius 2 is 1.53 bits per heavy atom. The number of carbonyl (C=O) groups is 1. The lowest BCUT2D eigenvalue weighted by molar-refractivity contribution is -0.119. The molecule has 34 heavy (non-hydrogen) atoms. The smallest absolute Gasteiger partial charge is 0.264 e. The van der Waals surface area contributed by atoms with Gasteiger partial charge in [0.1, 0.15) is 24.7 Å². The molecule has 0 unspecified atom stereocenters. The maximum Gasteiger partial charge on any atom is 0.264 e. The molecule has 3 aromatic rings. The highest BCUT2D eigenvalue weighted by Gasteiger charge is 2.29. The Morgan fingerprint density at radius 1 is 0.912 bits per heavy atom. The van der Waals surface area contributed by atoms with Crippen molar-refractivity contribution in [1.29, 1.82) is 0 Å². The SMILES string of the molecule is COc1ccccc1N(CC(=O)NCCOc1ccccc1C(C)C)S(=O)(=O)c1ccccc1. The Hall–Kier alpha value is -3.52. The molecule has 0 radical (unpaired) electrons. The fourth-order valence-corrected chi connectivity index (χ4v) is 4.93. The summed E-state index contributed by atoms with van der Waals surface area (Å²) in [5.74, 6) is 0.979. The van der Waals surface area contributed by atoms with Crippen molar-refractivity contribution in [1.82, 2.24) is 5.32 Å². The van der Waals surface area contributed by atoms with Gasteiger partial charge >= 0.3 is 0 Å². The van der Waals surface area contributed by atoms with Crippen molar-refractivity contribution in [3.05, 3.63) is 84.4 Å². The minimum Gasteiger partial charge on any atom is -0.495 e. The average Bonchev–Trinajstić information content (AvgIpc) is 2.85. The van der Waals surface area contributed by atoms with Crippen LogP contribution in [0.25, 0.3) is 0 Å². The number of hydrogen-bond acceptors (Lipinski definition) is 5. The van der Waals surface area contributed by atoms with E-state index in [1.165, 1.54) is 19.2 Å². The molecule has 0 aliphatic heterocycles. The van der Waals surface area contributed by atoms with E-state index in [2.05, 4.69) is 19.2 Å². The summed E-state index contributed by atoms with van der Waals surface area (Å²) in [4.78, 5) is 12.9. The molecule has 8 heteroatoms. The van der Waals surface area contributed by atoms with Crippen LogP contribution in [0, 0.1) is 0 Å². The fourth-order valence-electron chi connectivity index (χ4n) is 3.48.